The Hall–Kier alpha value is -5.13. The summed E-state index contributed by atoms with van der Waals surface area (Å²) < 4.78 is 40.8. The lowest BCUT2D eigenvalue weighted by atomic mass is 10.1. The summed E-state index contributed by atoms with van der Waals surface area (Å²) in [6.45, 7) is 0.175. The van der Waals surface area contributed by atoms with Crippen LogP contribution >= 0.6 is 27.7 Å². The molecular weight excluding hydrogens is 718 g/mol. The van der Waals surface area contributed by atoms with Crippen LogP contribution in [0.5, 0.6) is 34.5 Å². The van der Waals surface area contributed by atoms with Gasteiger partial charge in [-0.2, -0.15) is 5.26 Å². The highest BCUT2D eigenvalue weighted by Gasteiger charge is 2.24. The number of nitrogens with zero attached hydrogens (tertiary/aromatic N) is 2. The van der Waals surface area contributed by atoms with Gasteiger partial charge < -0.3 is 37.8 Å². The summed E-state index contributed by atoms with van der Waals surface area (Å²) in [5, 5.41) is 10.2. The van der Waals surface area contributed by atoms with Crippen LogP contribution < -0.4 is 39.4 Å². The van der Waals surface area contributed by atoms with Crippen molar-refractivity contribution in [1.29, 1.82) is 5.26 Å². The monoisotopic (exact) mass is 749 g/mol. The zero-order chi connectivity index (χ0) is 35.1. The third-order valence-electron chi connectivity index (χ3n) is 7.42. The minimum atomic E-state index is -0.503. The van der Waals surface area contributed by atoms with Crippen LogP contribution in [0.4, 0.5) is 0 Å². The lowest BCUT2D eigenvalue weighted by Crippen LogP contribution is -2.15. The molecule has 0 aliphatic carbocycles. The second kappa shape index (κ2) is 15.8. The Morgan fingerprint density at radius 2 is 1.55 bits per heavy atom. The smallest absolute Gasteiger partial charge is 0.270 e. The minimum absolute atomic E-state index is 0.0184. The molecule has 0 atom stereocenters. The number of H-pyrrole nitrogens is 1. The van der Waals surface area contributed by atoms with Crippen LogP contribution in [0.2, 0.25) is 0 Å². The van der Waals surface area contributed by atoms with Crippen molar-refractivity contribution >= 4 is 38.7 Å². The number of fused-ring (bicyclic) bond motifs is 1. The lowest BCUT2D eigenvalue weighted by Gasteiger charge is -2.17. The molecule has 49 heavy (non-hydrogen) atoms. The van der Waals surface area contributed by atoms with Gasteiger partial charge in [0.2, 0.25) is 16.9 Å². The Balaban J connectivity index is 1.40. The number of methoxy groups -OCH3 is 5. The molecule has 14 heteroatoms. The fourth-order valence-electron chi connectivity index (χ4n) is 5.04. The quantitative estimate of drug-likeness (QED) is 0.0718. The van der Waals surface area contributed by atoms with Gasteiger partial charge in [-0.15, -0.1) is 0 Å². The summed E-state index contributed by atoms with van der Waals surface area (Å²) in [6.07, 6.45) is 1.21. The highest BCUT2D eigenvalue weighted by Crippen LogP contribution is 2.44. The van der Waals surface area contributed by atoms with Crippen molar-refractivity contribution in [3.8, 4) is 63.1 Å². The lowest BCUT2D eigenvalue weighted by molar-refractivity contribution is 0.301. The van der Waals surface area contributed by atoms with Crippen molar-refractivity contribution in [2.45, 2.75) is 18.0 Å². The van der Waals surface area contributed by atoms with Crippen LogP contribution in [0.25, 0.3) is 33.6 Å². The maximum absolute atomic E-state index is 14.0. The van der Waals surface area contributed by atoms with Crippen LogP contribution in [0.15, 0.2) is 72.2 Å². The first-order valence-corrected chi connectivity index (χ1v) is 16.6. The van der Waals surface area contributed by atoms with Gasteiger partial charge in [-0.05, 0) is 37.1 Å². The second-order valence-corrected chi connectivity index (χ2v) is 12.3. The number of nitrogens with one attached hydrogen (secondary N) is 1. The average Bonchev–Trinajstić information content (AvgIpc) is 3.12. The van der Waals surface area contributed by atoms with E-state index in [9.17, 15) is 14.9 Å². The highest BCUT2D eigenvalue weighted by molar-refractivity contribution is 9.10. The molecule has 0 unspecified atom stereocenters. The van der Waals surface area contributed by atoms with E-state index in [-0.39, 0.29) is 40.4 Å². The molecule has 12 nitrogen and oxygen atoms in total. The van der Waals surface area contributed by atoms with Gasteiger partial charge in [0.25, 0.3) is 5.56 Å². The topological polar surface area (TPSA) is 155 Å². The minimum Gasteiger partial charge on any atom is -0.496 e. The second-order valence-electron chi connectivity index (χ2n) is 10.3. The maximum Gasteiger partial charge on any atom is 0.270 e. The molecule has 0 fully saturated rings. The van der Waals surface area contributed by atoms with E-state index < -0.39 is 11.0 Å². The van der Waals surface area contributed by atoms with Crippen LogP contribution in [0.3, 0.4) is 0 Å². The Morgan fingerprint density at radius 3 is 2.16 bits per heavy atom. The van der Waals surface area contributed by atoms with Gasteiger partial charge in [-0.1, -0.05) is 39.8 Å². The molecule has 1 N–H and O–H groups in total. The van der Waals surface area contributed by atoms with Crippen molar-refractivity contribution in [2.24, 2.45) is 0 Å². The number of hydrogen-bond acceptors (Lipinski definition) is 12. The third-order valence-corrected chi connectivity index (χ3v) is 8.91. The normalized spacial score (nSPS) is 10.8. The number of benzene rings is 3. The number of rotatable bonds is 14. The van der Waals surface area contributed by atoms with Crippen molar-refractivity contribution < 1.29 is 32.8 Å². The highest BCUT2D eigenvalue weighted by atomic mass is 79.9. The number of nitriles is 1. The fraction of sp³-hybridized carbons (Fsp3) is 0.257. The van der Waals surface area contributed by atoms with E-state index in [2.05, 4.69) is 25.9 Å². The van der Waals surface area contributed by atoms with E-state index in [0.29, 0.717) is 63.6 Å². The summed E-state index contributed by atoms with van der Waals surface area (Å²) in [4.78, 5) is 33.9. The van der Waals surface area contributed by atoms with Gasteiger partial charge in [0.15, 0.2) is 22.4 Å². The van der Waals surface area contributed by atoms with E-state index in [0.717, 1.165) is 4.47 Å². The summed E-state index contributed by atoms with van der Waals surface area (Å²) >= 11 is 4.74. The molecule has 0 amide bonds. The largest absolute Gasteiger partial charge is 0.496 e. The Morgan fingerprint density at radius 1 is 0.857 bits per heavy atom. The van der Waals surface area contributed by atoms with Gasteiger partial charge in [0.05, 0.1) is 47.8 Å². The molecule has 2 heterocycles. The van der Waals surface area contributed by atoms with E-state index in [4.69, 9.17) is 32.8 Å². The van der Waals surface area contributed by atoms with E-state index in [1.54, 1.807) is 36.4 Å². The molecule has 0 aliphatic rings. The van der Waals surface area contributed by atoms with Crippen molar-refractivity contribution in [3.63, 3.8) is 0 Å². The van der Waals surface area contributed by atoms with Crippen molar-refractivity contribution in [3.05, 3.63) is 79.1 Å². The maximum atomic E-state index is 14.0. The van der Waals surface area contributed by atoms with E-state index in [1.807, 2.05) is 18.2 Å². The standard InChI is InChI=1S/C35H32BrN3O9S/c1-42-22-16-24(43-2)28-25(17-22)48-31(20-14-26(44-3)32(46-5)27(15-20)45-4)33(30(28)40)47-12-6-7-13-49-35-38-29(23(18-37)34(41)39-35)19-8-10-21(36)11-9-19/h8-11,14-17H,6-7,12-13H2,1-5H3,(H,38,39,41). The molecule has 5 rings (SSSR count). The SMILES string of the molecule is COc1cc(OC)c2c(=O)c(OCCCCSc3nc(-c4ccc(Br)cc4)c(C#N)c(=O)[nH]3)c(-c3cc(OC)c(OC)c(OC)c3)oc2c1. The van der Waals surface area contributed by atoms with Crippen LogP contribution in [0, 0.1) is 11.3 Å². The molecule has 0 bridgehead atoms. The summed E-state index contributed by atoms with van der Waals surface area (Å²) in [6, 6.07) is 15.7. The summed E-state index contributed by atoms with van der Waals surface area (Å²) in [5.41, 5.74) is 0.689. The molecule has 0 saturated carbocycles. The number of aromatic amines is 1. The van der Waals surface area contributed by atoms with Crippen LogP contribution in [-0.4, -0.2) is 57.9 Å². The summed E-state index contributed by atoms with van der Waals surface area (Å²) in [5.74, 6) is 2.53. The van der Waals surface area contributed by atoms with E-state index in [1.165, 1.54) is 47.3 Å². The predicted octanol–water partition coefficient (Wildman–Crippen LogP) is 6.84. The molecule has 0 radical (unpaired) electrons. The summed E-state index contributed by atoms with van der Waals surface area (Å²) in [7, 11) is 7.45. The zero-order valence-corrected chi connectivity index (χ0v) is 29.7. The Kier molecular flexibility index (Phi) is 11.4. The molecule has 2 aromatic heterocycles. The fourth-order valence-corrected chi connectivity index (χ4v) is 6.17. The molecule has 5 aromatic rings. The first-order valence-electron chi connectivity index (χ1n) is 14.9. The number of hydrogen-bond donors (Lipinski definition) is 1. The number of thioether (sulfide) groups is 1. The Bertz CT molecular complexity index is 2120. The van der Waals surface area contributed by atoms with Gasteiger partial charge in [-0.25, -0.2) is 4.98 Å². The number of aromatic nitrogens is 2. The first-order chi connectivity index (χ1) is 23.8. The van der Waals surface area contributed by atoms with Gasteiger partial charge >= 0.3 is 0 Å². The number of ether oxygens (including phenoxy) is 6. The molecule has 0 spiro atoms. The van der Waals surface area contributed by atoms with Crippen molar-refractivity contribution in [1.82, 2.24) is 9.97 Å². The molecule has 0 aliphatic heterocycles. The molecular formula is C35H32BrN3O9S. The van der Waals surface area contributed by atoms with E-state index >= 15 is 0 Å². The first kappa shape index (κ1) is 35.2. The predicted molar refractivity (Wildman–Crippen MR) is 189 cm³/mol. The number of halogens is 1. The van der Waals surface area contributed by atoms with Gasteiger partial charge in [0.1, 0.15) is 34.1 Å². The number of unbranched alkanes of at least 4 members (excludes halogenated alkanes) is 1. The average molecular weight is 751 g/mol. The molecule has 3 aromatic carbocycles. The van der Waals surface area contributed by atoms with Crippen LogP contribution in [-0.2, 0) is 0 Å². The van der Waals surface area contributed by atoms with Crippen molar-refractivity contribution in [2.75, 3.05) is 47.9 Å². The third kappa shape index (κ3) is 7.48. The van der Waals surface area contributed by atoms with Gasteiger partial charge in [-0.3, -0.25) is 9.59 Å². The molecule has 254 valence electrons. The van der Waals surface area contributed by atoms with Gasteiger partial charge in [0, 0.05) is 33.5 Å². The van der Waals surface area contributed by atoms with Crippen LogP contribution in [0.1, 0.15) is 18.4 Å². The zero-order valence-electron chi connectivity index (χ0n) is 27.3. The Labute approximate surface area is 294 Å². The molecule has 0 saturated heterocycles.